The largest absolute Gasteiger partial charge is 0.380 e. The van der Waals surface area contributed by atoms with Gasteiger partial charge in [0.05, 0.1) is 18.9 Å². The molecule has 6 heteroatoms. The Kier molecular flexibility index (Phi) is 1.74. The number of anilines is 1. The van der Waals surface area contributed by atoms with E-state index in [1.807, 2.05) is 10.9 Å². The molecule has 0 aromatic carbocycles. The average Bonchev–Trinajstić information content (AvgIpc) is 3.05. The predicted molar refractivity (Wildman–Crippen MR) is 61.6 cm³/mol. The van der Waals surface area contributed by atoms with Crippen LogP contribution in [0, 0.1) is 0 Å². The molecule has 1 aliphatic carbocycles. The molecule has 0 bridgehead atoms. The van der Waals surface area contributed by atoms with E-state index in [-0.39, 0.29) is 6.04 Å². The number of hydrogen-bond donors (Lipinski definition) is 1. The monoisotopic (exact) mass is 231 g/mol. The Bertz CT molecular complexity index is 585. The van der Waals surface area contributed by atoms with E-state index in [1.54, 1.807) is 0 Å². The highest BCUT2D eigenvalue weighted by atomic mass is 16.5. The number of aromatic nitrogens is 4. The van der Waals surface area contributed by atoms with Gasteiger partial charge in [-0.2, -0.15) is 5.10 Å². The van der Waals surface area contributed by atoms with Crippen LogP contribution in [-0.2, 0) is 4.74 Å². The molecular formula is C11H13N5O. The van der Waals surface area contributed by atoms with Crippen LogP contribution < -0.4 is 5.73 Å². The first-order valence-corrected chi connectivity index (χ1v) is 5.91. The van der Waals surface area contributed by atoms with Gasteiger partial charge in [0.25, 0.3) is 0 Å². The summed E-state index contributed by atoms with van der Waals surface area (Å²) in [5.74, 6) is 1.05. The first-order valence-electron chi connectivity index (χ1n) is 5.91. The second kappa shape index (κ2) is 3.16. The van der Waals surface area contributed by atoms with Crippen molar-refractivity contribution in [2.75, 3.05) is 18.9 Å². The molecule has 2 aromatic rings. The highest BCUT2D eigenvalue weighted by Crippen LogP contribution is 2.39. The van der Waals surface area contributed by atoms with Crippen molar-refractivity contribution >= 4 is 17.0 Å². The molecule has 2 aliphatic rings. The Hall–Kier alpha value is -1.69. The molecule has 4 rings (SSSR count). The van der Waals surface area contributed by atoms with E-state index in [0.29, 0.717) is 30.5 Å². The number of fused-ring (bicyclic) bond motifs is 1. The number of nitrogen functional groups attached to an aromatic ring is 1. The van der Waals surface area contributed by atoms with E-state index in [4.69, 9.17) is 10.5 Å². The topological polar surface area (TPSA) is 78.8 Å². The average molecular weight is 231 g/mol. The Morgan fingerprint density at radius 1 is 1.35 bits per heavy atom. The molecule has 2 N–H and O–H groups in total. The number of nitrogens with zero attached hydrogens (tertiary/aromatic N) is 4. The zero-order valence-electron chi connectivity index (χ0n) is 9.33. The van der Waals surface area contributed by atoms with Crippen LogP contribution in [0.4, 0.5) is 5.82 Å². The second-order valence-electron chi connectivity index (χ2n) is 4.76. The van der Waals surface area contributed by atoms with Gasteiger partial charge in [0.2, 0.25) is 0 Å². The number of nitrogens with two attached hydrogens (primary N) is 1. The summed E-state index contributed by atoms with van der Waals surface area (Å²) >= 11 is 0. The molecule has 1 saturated heterocycles. The minimum absolute atomic E-state index is 0.263. The first kappa shape index (κ1) is 9.35. The summed E-state index contributed by atoms with van der Waals surface area (Å²) in [5.41, 5.74) is 8.44. The third kappa shape index (κ3) is 1.33. The smallest absolute Gasteiger partial charge is 0.179 e. The van der Waals surface area contributed by atoms with Gasteiger partial charge in [-0.05, 0) is 12.8 Å². The minimum Gasteiger partial charge on any atom is -0.380 e. The fraction of sp³-hybridized carbons (Fsp3) is 0.545. The molecule has 1 aliphatic heterocycles. The summed E-state index contributed by atoms with van der Waals surface area (Å²) in [6, 6.07) is 0.263. The lowest BCUT2D eigenvalue weighted by atomic mass is 10.2. The molecule has 2 fully saturated rings. The van der Waals surface area contributed by atoms with Crippen LogP contribution in [-0.4, -0.2) is 33.0 Å². The van der Waals surface area contributed by atoms with Crippen molar-refractivity contribution < 1.29 is 4.74 Å². The summed E-state index contributed by atoms with van der Waals surface area (Å²) in [5, 5.41) is 4.32. The Morgan fingerprint density at radius 3 is 2.82 bits per heavy atom. The Morgan fingerprint density at radius 2 is 2.18 bits per heavy atom. The van der Waals surface area contributed by atoms with Crippen molar-refractivity contribution in [3.05, 3.63) is 11.9 Å². The van der Waals surface area contributed by atoms with Gasteiger partial charge in [0, 0.05) is 12.1 Å². The highest BCUT2D eigenvalue weighted by molar-refractivity contribution is 5.82. The van der Waals surface area contributed by atoms with Crippen molar-refractivity contribution in [3.8, 4) is 0 Å². The number of hydrogen-bond acceptors (Lipinski definition) is 5. The zero-order valence-corrected chi connectivity index (χ0v) is 9.33. The number of ether oxygens (including phenoxy) is 1. The van der Waals surface area contributed by atoms with E-state index in [9.17, 15) is 0 Å². The molecule has 17 heavy (non-hydrogen) atoms. The summed E-state index contributed by atoms with van der Waals surface area (Å²) in [7, 11) is 0. The van der Waals surface area contributed by atoms with Crippen molar-refractivity contribution in [3.63, 3.8) is 0 Å². The molecule has 3 heterocycles. The van der Waals surface area contributed by atoms with Crippen LogP contribution >= 0.6 is 0 Å². The highest BCUT2D eigenvalue weighted by Gasteiger charge is 2.29. The van der Waals surface area contributed by atoms with Crippen LogP contribution in [0.2, 0.25) is 0 Å². The molecular weight excluding hydrogens is 218 g/mol. The minimum atomic E-state index is 0.263. The maximum atomic E-state index is 5.86. The molecule has 0 atom stereocenters. The third-order valence-electron chi connectivity index (χ3n) is 3.41. The maximum absolute atomic E-state index is 5.86. The first-order chi connectivity index (χ1) is 8.33. The van der Waals surface area contributed by atoms with Crippen LogP contribution in [0.3, 0.4) is 0 Å². The Labute approximate surface area is 97.8 Å². The maximum Gasteiger partial charge on any atom is 0.179 e. The van der Waals surface area contributed by atoms with Gasteiger partial charge in [-0.3, -0.25) is 0 Å². The summed E-state index contributed by atoms with van der Waals surface area (Å²) in [6.45, 7) is 1.37. The fourth-order valence-corrected chi connectivity index (χ4v) is 2.14. The van der Waals surface area contributed by atoms with E-state index in [2.05, 4.69) is 15.1 Å². The van der Waals surface area contributed by atoms with E-state index in [1.165, 1.54) is 12.8 Å². The molecule has 0 spiro atoms. The molecule has 0 radical (unpaired) electrons. The van der Waals surface area contributed by atoms with Gasteiger partial charge in [0.15, 0.2) is 17.0 Å². The normalized spacial score (nSPS) is 20.7. The number of rotatable bonds is 2. The van der Waals surface area contributed by atoms with Gasteiger partial charge in [-0.1, -0.05) is 0 Å². The lowest BCUT2D eigenvalue weighted by molar-refractivity contribution is -0.0267. The third-order valence-corrected chi connectivity index (χ3v) is 3.41. The van der Waals surface area contributed by atoms with E-state index >= 15 is 0 Å². The molecule has 0 unspecified atom stereocenters. The second-order valence-corrected chi connectivity index (χ2v) is 4.76. The molecule has 6 nitrogen and oxygen atoms in total. The fourth-order valence-electron chi connectivity index (χ4n) is 2.14. The van der Waals surface area contributed by atoms with Gasteiger partial charge < -0.3 is 10.5 Å². The van der Waals surface area contributed by atoms with Crippen LogP contribution in [0.25, 0.3) is 11.2 Å². The van der Waals surface area contributed by atoms with Crippen LogP contribution in [0.15, 0.2) is 6.20 Å². The molecule has 1 saturated carbocycles. The summed E-state index contributed by atoms with van der Waals surface area (Å²) in [6.07, 6.45) is 4.27. The standard InChI is InChI=1S/C11H13N5O/c12-10-9-11(16(15-10)7-4-17-5-7)14-8(3-13-9)6-1-2-6/h3,6-7H,1-2,4-5H2,(H2,12,15). The SMILES string of the molecule is Nc1nn(C2COC2)c2nc(C3CC3)cnc12. The van der Waals surface area contributed by atoms with Gasteiger partial charge in [-0.25, -0.2) is 14.6 Å². The van der Waals surface area contributed by atoms with Crippen molar-refractivity contribution in [1.82, 2.24) is 19.7 Å². The summed E-state index contributed by atoms with van der Waals surface area (Å²) < 4.78 is 7.06. The van der Waals surface area contributed by atoms with Crippen LogP contribution in [0.1, 0.15) is 30.5 Å². The lowest BCUT2D eigenvalue weighted by Gasteiger charge is -2.26. The molecule has 2 aromatic heterocycles. The zero-order chi connectivity index (χ0) is 11.4. The quantitative estimate of drug-likeness (QED) is 0.829. The molecule has 0 amide bonds. The van der Waals surface area contributed by atoms with E-state index in [0.717, 1.165) is 11.3 Å². The van der Waals surface area contributed by atoms with Gasteiger partial charge >= 0.3 is 0 Å². The summed E-state index contributed by atoms with van der Waals surface area (Å²) in [4.78, 5) is 9.06. The Balaban J connectivity index is 1.89. The van der Waals surface area contributed by atoms with Gasteiger partial charge in [0.1, 0.15) is 6.04 Å². The molecule has 88 valence electrons. The lowest BCUT2D eigenvalue weighted by Crippen LogP contribution is -2.31. The van der Waals surface area contributed by atoms with Crippen molar-refractivity contribution in [2.45, 2.75) is 24.8 Å². The van der Waals surface area contributed by atoms with Crippen LogP contribution in [0.5, 0.6) is 0 Å². The van der Waals surface area contributed by atoms with Crippen molar-refractivity contribution in [2.24, 2.45) is 0 Å². The van der Waals surface area contributed by atoms with Gasteiger partial charge in [-0.15, -0.1) is 0 Å². The van der Waals surface area contributed by atoms with Crippen molar-refractivity contribution in [1.29, 1.82) is 0 Å². The predicted octanol–water partition coefficient (Wildman–Crippen LogP) is 0.857. The van der Waals surface area contributed by atoms with E-state index < -0.39 is 0 Å².